The monoisotopic (exact) mass is 521 g/mol. The maximum atomic E-state index is 13.4. The molecule has 0 unspecified atom stereocenters. The van der Waals surface area contributed by atoms with Gasteiger partial charge in [-0.3, -0.25) is 9.59 Å². The first-order valence-electron chi connectivity index (χ1n) is 12.0. The van der Waals surface area contributed by atoms with Crippen molar-refractivity contribution in [2.75, 3.05) is 13.3 Å². The molecule has 1 fully saturated rings. The third-order valence-electron chi connectivity index (χ3n) is 6.98. The van der Waals surface area contributed by atoms with E-state index in [2.05, 4.69) is 4.72 Å². The summed E-state index contributed by atoms with van der Waals surface area (Å²) in [5.41, 5.74) is 4.11. The average Bonchev–Trinajstić information content (AvgIpc) is 3.55. The number of carbonyl (C=O) groups excluding carboxylic acids is 1. The van der Waals surface area contributed by atoms with E-state index >= 15 is 0 Å². The van der Waals surface area contributed by atoms with Crippen LogP contribution in [0.2, 0.25) is 0 Å². The number of ether oxygens (including phenoxy) is 2. The summed E-state index contributed by atoms with van der Waals surface area (Å²) in [6, 6.07) is 18.1. The predicted molar refractivity (Wildman–Crippen MR) is 136 cm³/mol. The zero-order valence-electron chi connectivity index (χ0n) is 20.3. The zero-order chi connectivity index (χ0) is 26.2. The SMILES string of the molecule is Cc1ccc(CC(=O)C2(c3ccc4c(c3)OCO4)CC2)cc1-c1ccc(S(=O)(=O)NCCC(=O)O)cc1. The van der Waals surface area contributed by atoms with Crippen molar-refractivity contribution in [2.24, 2.45) is 0 Å². The molecule has 8 nitrogen and oxygen atoms in total. The third-order valence-corrected chi connectivity index (χ3v) is 8.46. The molecule has 5 rings (SSSR count). The number of carbonyl (C=O) groups is 2. The van der Waals surface area contributed by atoms with Crippen molar-refractivity contribution >= 4 is 21.8 Å². The number of benzene rings is 3. The Hall–Kier alpha value is -3.69. The number of hydrogen-bond acceptors (Lipinski definition) is 6. The van der Waals surface area contributed by atoms with Crippen LogP contribution in [0.15, 0.2) is 65.6 Å². The summed E-state index contributed by atoms with van der Waals surface area (Å²) in [5.74, 6) is 0.465. The molecular weight excluding hydrogens is 494 g/mol. The average molecular weight is 522 g/mol. The third kappa shape index (κ3) is 5.10. The van der Waals surface area contributed by atoms with Crippen LogP contribution in [-0.4, -0.2) is 38.6 Å². The summed E-state index contributed by atoms with van der Waals surface area (Å²) < 4.78 is 38.0. The van der Waals surface area contributed by atoms with Gasteiger partial charge in [0.25, 0.3) is 0 Å². The number of Topliss-reactive ketones (excluding diaryl/α,β-unsaturated/α-hetero) is 1. The first kappa shape index (κ1) is 25.0. The van der Waals surface area contributed by atoms with E-state index in [1.165, 1.54) is 12.1 Å². The number of sulfonamides is 1. The molecule has 2 aliphatic rings. The van der Waals surface area contributed by atoms with Gasteiger partial charge in [0, 0.05) is 13.0 Å². The molecule has 0 saturated heterocycles. The Morgan fingerprint density at radius 3 is 2.41 bits per heavy atom. The highest BCUT2D eigenvalue weighted by Crippen LogP contribution is 2.51. The number of hydrogen-bond donors (Lipinski definition) is 2. The highest BCUT2D eigenvalue weighted by Gasteiger charge is 2.50. The Balaban J connectivity index is 1.32. The van der Waals surface area contributed by atoms with E-state index in [-0.39, 0.29) is 30.4 Å². The van der Waals surface area contributed by atoms with Crippen LogP contribution in [-0.2, 0) is 31.4 Å². The van der Waals surface area contributed by atoms with Gasteiger partial charge in [0.15, 0.2) is 11.5 Å². The van der Waals surface area contributed by atoms with Crippen LogP contribution in [0.5, 0.6) is 11.5 Å². The highest BCUT2D eigenvalue weighted by molar-refractivity contribution is 7.89. The van der Waals surface area contributed by atoms with Crippen molar-refractivity contribution in [2.45, 2.75) is 42.9 Å². The number of fused-ring (bicyclic) bond motifs is 1. The van der Waals surface area contributed by atoms with Gasteiger partial charge in [-0.1, -0.05) is 36.4 Å². The van der Waals surface area contributed by atoms with Gasteiger partial charge in [0.05, 0.1) is 16.7 Å². The molecular formula is C28H27NO7S. The molecule has 192 valence electrons. The van der Waals surface area contributed by atoms with Crippen LogP contribution >= 0.6 is 0 Å². The number of rotatable bonds is 10. The summed E-state index contributed by atoms with van der Waals surface area (Å²) in [7, 11) is -3.80. The number of carboxylic acid groups (broad SMARTS) is 1. The fraction of sp³-hybridized carbons (Fsp3) is 0.286. The Bertz CT molecular complexity index is 1470. The quantitative estimate of drug-likeness (QED) is 0.414. The topological polar surface area (TPSA) is 119 Å². The van der Waals surface area contributed by atoms with E-state index in [1.807, 2.05) is 43.3 Å². The first-order chi connectivity index (χ1) is 17.7. The summed E-state index contributed by atoms with van der Waals surface area (Å²) in [6.45, 7) is 1.98. The lowest BCUT2D eigenvalue weighted by molar-refractivity contribution is -0.136. The molecule has 0 aromatic heterocycles. The molecule has 1 aliphatic heterocycles. The molecule has 3 aromatic rings. The van der Waals surface area contributed by atoms with Crippen LogP contribution in [0.3, 0.4) is 0 Å². The summed E-state index contributed by atoms with van der Waals surface area (Å²) in [4.78, 5) is 24.1. The van der Waals surface area contributed by atoms with Crippen LogP contribution in [0.4, 0.5) is 0 Å². The van der Waals surface area contributed by atoms with Crippen molar-refractivity contribution in [1.29, 1.82) is 0 Å². The Kier molecular flexibility index (Phi) is 6.51. The van der Waals surface area contributed by atoms with E-state index < -0.39 is 21.4 Å². The fourth-order valence-electron chi connectivity index (χ4n) is 4.68. The minimum atomic E-state index is -3.80. The second-order valence-electron chi connectivity index (χ2n) is 9.47. The van der Waals surface area contributed by atoms with Crippen molar-refractivity contribution in [3.05, 3.63) is 77.4 Å². The van der Waals surface area contributed by atoms with E-state index in [0.717, 1.165) is 40.7 Å². The molecule has 1 aliphatic carbocycles. The van der Waals surface area contributed by atoms with Gasteiger partial charge in [-0.15, -0.1) is 0 Å². The second kappa shape index (κ2) is 9.64. The minimum absolute atomic E-state index is 0.0602. The van der Waals surface area contributed by atoms with E-state index in [0.29, 0.717) is 17.9 Å². The lowest BCUT2D eigenvalue weighted by Crippen LogP contribution is -2.26. The summed E-state index contributed by atoms with van der Waals surface area (Å²) >= 11 is 0. The molecule has 3 aromatic carbocycles. The van der Waals surface area contributed by atoms with Crippen LogP contribution in [0, 0.1) is 6.92 Å². The molecule has 0 spiro atoms. The van der Waals surface area contributed by atoms with Crippen LogP contribution < -0.4 is 14.2 Å². The maximum absolute atomic E-state index is 13.4. The minimum Gasteiger partial charge on any atom is -0.481 e. The summed E-state index contributed by atoms with van der Waals surface area (Å²) in [6.07, 6.45) is 1.61. The largest absolute Gasteiger partial charge is 0.481 e. The van der Waals surface area contributed by atoms with Gasteiger partial charge < -0.3 is 14.6 Å². The van der Waals surface area contributed by atoms with Gasteiger partial charge in [-0.2, -0.15) is 0 Å². The van der Waals surface area contributed by atoms with E-state index in [9.17, 15) is 18.0 Å². The van der Waals surface area contributed by atoms with Crippen molar-refractivity contribution < 1.29 is 32.6 Å². The Labute approximate surface area is 215 Å². The number of nitrogens with one attached hydrogen (secondary N) is 1. The smallest absolute Gasteiger partial charge is 0.304 e. The molecule has 37 heavy (non-hydrogen) atoms. The van der Waals surface area contributed by atoms with Crippen molar-refractivity contribution in [3.8, 4) is 22.6 Å². The number of ketones is 1. The van der Waals surface area contributed by atoms with Gasteiger partial charge in [0.2, 0.25) is 16.8 Å². The normalized spacial score (nSPS) is 15.4. The first-order valence-corrected chi connectivity index (χ1v) is 13.5. The Morgan fingerprint density at radius 1 is 0.973 bits per heavy atom. The molecule has 0 atom stereocenters. The highest BCUT2D eigenvalue weighted by atomic mass is 32.2. The molecule has 1 saturated carbocycles. The molecule has 0 bridgehead atoms. The van der Waals surface area contributed by atoms with Gasteiger partial charge in [-0.05, 0) is 71.8 Å². The fourth-order valence-corrected chi connectivity index (χ4v) is 5.71. The molecule has 0 radical (unpaired) electrons. The van der Waals surface area contributed by atoms with Crippen molar-refractivity contribution in [3.63, 3.8) is 0 Å². The van der Waals surface area contributed by atoms with Gasteiger partial charge in [-0.25, -0.2) is 13.1 Å². The molecule has 2 N–H and O–H groups in total. The van der Waals surface area contributed by atoms with Gasteiger partial charge in [0.1, 0.15) is 5.78 Å². The molecule has 9 heteroatoms. The maximum Gasteiger partial charge on any atom is 0.304 e. The predicted octanol–water partition coefficient (Wildman–Crippen LogP) is 3.99. The number of aliphatic carboxylic acids is 1. The van der Waals surface area contributed by atoms with Crippen LogP contribution in [0.1, 0.15) is 36.0 Å². The number of aryl methyl sites for hydroxylation is 1. The lowest BCUT2D eigenvalue weighted by atomic mass is 9.87. The standard InChI is InChI=1S/C28H27NO7S/c1-18-2-3-19(15-26(30)28(11-12-28)21-6-9-24-25(16-21)36-17-35-24)14-23(18)20-4-7-22(8-5-20)37(33,34)29-13-10-27(31)32/h2-9,14,16,29H,10-13,15,17H2,1H3,(H,31,32). The zero-order valence-corrected chi connectivity index (χ0v) is 21.1. The number of carboxylic acids is 1. The van der Waals surface area contributed by atoms with Crippen LogP contribution in [0.25, 0.3) is 11.1 Å². The summed E-state index contributed by atoms with van der Waals surface area (Å²) in [5, 5.41) is 8.72. The molecule has 1 heterocycles. The van der Waals surface area contributed by atoms with E-state index in [4.69, 9.17) is 14.6 Å². The van der Waals surface area contributed by atoms with Crippen molar-refractivity contribution in [1.82, 2.24) is 4.72 Å². The van der Waals surface area contributed by atoms with E-state index in [1.54, 1.807) is 12.1 Å². The van der Waals surface area contributed by atoms with Gasteiger partial charge >= 0.3 is 5.97 Å². The Morgan fingerprint density at radius 2 is 1.70 bits per heavy atom. The lowest BCUT2D eigenvalue weighted by Gasteiger charge is -2.16. The molecule has 0 amide bonds. The second-order valence-corrected chi connectivity index (χ2v) is 11.2.